The first-order chi connectivity index (χ1) is 16.7. The Balaban J connectivity index is 2.04. The molecular formula is C25H38N2O8. The van der Waals surface area contributed by atoms with E-state index in [0.717, 1.165) is 12.8 Å². The first-order valence-electron chi connectivity index (χ1n) is 12.1. The van der Waals surface area contributed by atoms with Crippen LogP contribution in [0.5, 0.6) is 11.5 Å². The second kappa shape index (κ2) is 13.9. The highest BCUT2D eigenvalue weighted by atomic mass is 16.7. The Kier molecular flexibility index (Phi) is 11.2. The van der Waals surface area contributed by atoms with Crippen LogP contribution >= 0.6 is 0 Å². The van der Waals surface area contributed by atoms with Gasteiger partial charge in [-0.2, -0.15) is 0 Å². The maximum absolute atomic E-state index is 12.9. The number of aromatic nitrogens is 1. The van der Waals surface area contributed by atoms with Crippen molar-refractivity contribution in [3.63, 3.8) is 0 Å². The molecule has 1 aliphatic carbocycles. The molecule has 1 saturated carbocycles. The third-order valence-electron chi connectivity index (χ3n) is 5.97. The molecule has 0 spiro atoms. The number of hydrogen-bond donors (Lipinski definition) is 1. The zero-order valence-corrected chi connectivity index (χ0v) is 21.5. The van der Waals surface area contributed by atoms with E-state index in [2.05, 4.69) is 24.1 Å². The van der Waals surface area contributed by atoms with Crippen LogP contribution < -0.4 is 14.8 Å². The van der Waals surface area contributed by atoms with E-state index in [1.165, 1.54) is 46.1 Å². The van der Waals surface area contributed by atoms with Gasteiger partial charge >= 0.3 is 11.9 Å². The molecule has 10 nitrogen and oxygen atoms in total. The standard InChI is InChI=1S/C25H38N2O8/c1-7-19(8-2)22(32-13-18-9-10-18)16(4)35-25(30)15(3)27-24(29)21-23(34-14-33-17(5)28)20(31-6)11-12-26-21/h11-12,15-16,18-19,22H,7-10,13-14H2,1-6H3,(H,27,29)/t15-,16-,22+/m0/s1. The summed E-state index contributed by atoms with van der Waals surface area (Å²) in [5.74, 6) is -0.716. The lowest BCUT2D eigenvalue weighted by Gasteiger charge is -2.31. The van der Waals surface area contributed by atoms with Crippen molar-refractivity contribution < 1.29 is 38.1 Å². The normalized spacial score (nSPS) is 15.6. The van der Waals surface area contributed by atoms with Crippen LogP contribution in [-0.4, -0.2) is 61.6 Å². The van der Waals surface area contributed by atoms with Gasteiger partial charge in [0, 0.05) is 25.8 Å². The highest BCUT2D eigenvalue weighted by Gasteiger charge is 2.33. The van der Waals surface area contributed by atoms with Crippen LogP contribution in [-0.2, 0) is 23.8 Å². The molecule has 196 valence electrons. The molecule has 1 aliphatic rings. The van der Waals surface area contributed by atoms with E-state index >= 15 is 0 Å². The Bertz CT molecular complexity index is 854. The van der Waals surface area contributed by atoms with Crippen LogP contribution in [0.15, 0.2) is 12.3 Å². The molecule has 10 heteroatoms. The largest absolute Gasteiger partial charge is 0.493 e. The number of ether oxygens (including phenoxy) is 5. The van der Waals surface area contributed by atoms with Gasteiger partial charge in [0.2, 0.25) is 6.79 Å². The number of amides is 1. The number of esters is 2. The van der Waals surface area contributed by atoms with Gasteiger partial charge in [-0.05, 0) is 38.5 Å². The summed E-state index contributed by atoms with van der Waals surface area (Å²) in [5.41, 5.74) is -0.119. The van der Waals surface area contributed by atoms with Crippen molar-refractivity contribution in [3.05, 3.63) is 18.0 Å². The Labute approximate surface area is 207 Å². The predicted molar refractivity (Wildman–Crippen MR) is 127 cm³/mol. The van der Waals surface area contributed by atoms with Gasteiger partial charge in [-0.1, -0.05) is 26.7 Å². The Morgan fingerprint density at radius 3 is 2.43 bits per heavy atom. The van der Waals surface area contributed by atoms with E-state index in [4.69, 9.17) is 23.7 Å². The topological polar surface area (TPSA) is 122 Å². The van der Waals surface area contributed by atoms with E-state index in [9.17, 15) is 14.4 Å². The summed E-state index contributed by atoms with van der Waals surface area (Å²) in [5, 5.41) is 2.59. The maximum Gasteiger partial charge on any atom is 0.328 e. The second-order valence-electron chi connectivity index (χ2n) is 8.74. The SMILES string of the molecule is CCC(CC)[C@H](OCC1CC1)[C@H](C)OC(=O)[C@H](C)NC(=O)c1nccc(OC)c1OCOC(C)=O. The fraction of sp³-hybridized carbons (Fsp3) is 0.680. The van der Waals surface area contributed by atoms with Crippen molar-refractivity contribution in [2.24, 2.45) is 11.8 Å². The fourth-order valence-electron chi connectivity index (χ4n) is 3.68. The highest BCUT2D eigenvalue weighted by Crippen LogP contribution is 2.32. The molecule has 0 aromatic carbocycles. The van der Waals surface area contributed by atoms with E-state index in [0.29, 0.717) is 12.5 Å². The van der Waals surface area contributed by atoms with Crippen LogP contribution in [0.2, 0.25) is 0 Å². The smallest absolute Gasteiger partial charge is 0.328 e. The molecule has 0 bridgehead atoms. The van der Waals surface area contributed by atoms with Crippen LogP contribution in [0, 0.1) is 11.8 Å². The lowest BCUT2D eigenvalue weighted by molar-refractivity contribution is -0.161. The average molecular weight is 495 g/mol. The van der Waals surface area contributed by atoms with Gasteiger partial charge in [0.1, 0.15) is 12.1 Å². The first-order valence-corrected chi connectivity index (χ1v) is 12.1. The molecule has 0 unspecified atom stereocenters. The summed E-state index contributed by atoms with van der Waals surface area (Å²) in [6.07, 6.45) is 4.88. The summed E-state index contributed by atoms with van der Waals surface area (Å²) in [6, 6.07) is 0.545. The third kappa shape index (κ3) is 8.69. The summed E-state index contributed by atoms with van der Waals surface area (Å²) in [6.45, 7) is 9.04. The molecule has 0 aliphatic heterocycles. The van der Waals surface area contributed by atoms with Gasteiger partial charge in [0.15, 0.2) is 17.2 Å². The van der Waals surface area contributed by atoms with Crippen molar-refractivity contribution in [2.75, 3.05) is 20.5 Å². The second-order valence-corrected chi connectivity index (χ2v) is 8.74. The van der Waals surface area contributed by atoms with E-state index in [1.54, 1.807) is 0 Å². The Hall–Kier alpha value is -2.88. The van der Waals surface area contributed by atoms with Gasteiger partial charge in [-0.25, -0.2) is 9.78 Å². The molecule has 2 rings (SSSR count). The predicted octanol–water partition coefficient (Wildman–Crippen LogP) is 3.27. The number of nitrogens with zero attached hydrogens (tertiary/aromatic N) is 1. The monoisotopic (exact) mass is 494 g/mol. The molecular weight excluding hydrogens is 456 g/mol. The molecule has 1 aromatic heterocycles. The van der Waals surface area contributed by atoms with Crippen LogP contribution in [0.3, 0.4) is 0 Å². The lowest BCUT2D eigenvalue weighted by Crippen LogP contribution is -2.44. The minimum absolute atomic E-state index is 0.00930. The first kappa shape index (κ1) is 28.4. The summed E-state index contributed by atoms with van der Waals surface area (Å²) >= 11 is 0. The Morgan fingerprint density at radius 2 is 1.86 bits per heavy atom. The third-order valence-corrected chi connectivity index (χ3v) is 5.97. The van der Waals surface area contributed by atoms with Crippen molar-refractivity contribution in [2.45, 2.75) is 78.6 Å². The molecule has 3 atom stereocenters. The van der Waals surface area contributed by atoms with Crippen molar-refractivity contribution in [3.8, 4) is 11.5 Å². The van der Waals surface area contributed by atoms with Gasteiger partial charge in [0.25, 0.3) is 5.91 Å². The molecule has 35 heavy (non-hydrogen) atoms. The number of pyridine rings is 1. The van der Waals surface area contributed by atoms with Gasteiger partial charge in [0.05, 0.1) is 13.2 Å². The van der Waals surface area contributed by atoms with E-state index < -0.39 is 36.8 Å². The Morgan fingerprint density at radius 1 is 1.17 bits per heavy atom. The molecule has 1 aromatic rings. The minimum atomic E-state index is -0.954. The average Bonchev–Trinajstić information content (AvgIpc) is 3.65. The van der Waals surface area contributed by atoms with Gasteiger partial charge in [-0.3, -0.25) is 9.59 Å². The molecule has 1 amide bonds. The number of carbonyl (C=O) groups excluding carboxylic acids is 3. The number of rotatable bonds is 15. The number of methoxy groups -OCH3 is 1. The quantitative estimate of drug-likeness (QED) is 0.289. The number of carbonyl (C=O) groups is 3. The van der Waals surface area contributed by atoms with Gasteiger partial charge in [-0.15, -0.1) is 0 Å². The minimum Gasteiger partial charge on any atom is -0.493 e. The number of hydrogen-bond acceptors (Lipinski definition) is 9. The fourth-order valence-corrected chi connectivity index (χ4v) is 3.68. The van der Waals surface area contributed by atoms with Crippen LogP contribution in [0.25, 0.3) is 0 Å². The molecule has 1 fully saturated rings. The molecule has 0 radical (unpaired) electrons. The van der Waals surface area contributed by atoms with E-state index in [1.807, 2.05) is 6.92 Å². The number of nitrogens with one attached hydrogen (secondary N) is 1. The van der Waals surface area contributed by atoms with Crippen molar-refractivity contribution >= 4 is 17.8 Å². The molecule has 0 saturated heterocycles. The summed E-state index contributed by atoms with van der Waals surface area (Å²) in [4.78, 5) is 40.8. The van der Waals surface area contributed by atoms with Crippen molar-refractivity contribution in [1.82, 2.24) is 10.3 Å². The molecule has 1 N–H and O–H groups in total. The van der Waals surface area contributed by atoms with Crippen LogP contribution in [0.4, 0.5) is 0 Å². The van der Waals surface area contributed by atoms with E-state index in [-0.39, 0.29) is 29.2 Å². The highest BCUT2D eigenvalue weighted by molar-refractivity contribution is 5.98. The summed E-state index contributed by atoms with van der Waals surface area (Å²) in [7, 11) is 1.40. The zero-order chi connectivity index (χ0) is 26.0. The summed E-state index contributed by atoms with van der Waals surface area (Å²) < 4.78 is 27.3. The van der Waals surface area contributed by atoms with Gasteiger partial charge < -0.3 is 29.0 Å². The van der Waals surface area contributed by atoms with Crippen LogP contribution in [0.1, 0.15) is 70.8 Å². The lowest BCUT2D eigenvalue weighted by atomic mass is 9.93. The zero-order valence-electron chi connectivity index (χ0n) is 21.5. The maximum atomic E-state index is 12.9. The molecule has 1 heterocycles. The van der Waals surface area contributed by atoms with Crippen molar-refractivity contribution in [1.29, 1.82) is 0 Å².